The molecule has 5 atom stereocenters. The molecule has 1 aliphatic heterocycles. The highest BCUT2D eigenvalue weighted by molar-refractivity contribution is 9.10. The van der Waals surface area contributed by atoms with Crippen LogP contribution in [0.15, 0.2) is 62.4 Å². The first kappa shape index (κ1) is 21.0. The molecule has 0 bridgehead atoms. The molecule has 9 heteroatoms. The summed E-state index contributed by atoms with van der Waals surface area (Å²) in [6.45, 7) is -0.559. The number of halogens is 1. The maximum Gasteiger partial charge on any atom is 0.229 e. The van der Waals surface area contributed by atoms with Crippen LogP contribution in [0.1, 0.15) is 0 Å². The Bertz CT molecular complexity index is 1090. The van der Waals surface area contributed by atoms with Gasteiger partial charge in [0.05, 0.1) is 17.6 Å². The van der Waals surface area contributed by atoms with Crippen LogP contribution in [0, 0.1) is 0 Å². The van der Waals surface area contributed by atoms with Crippen molar-refractivity contribution in [3.8, 4) is 16.9 Å². The van der Waals surface area contributed by atoms with Gasteiger partial charge in [-0.25, -0.2) is 0 Å². The molecule has 0 saturated carbocycles. The van der Waals surface area contributed by atoms with E-state index in [2.05, 4.69) is 15.9 Å². The third-order valence-corrected chi connectivity index (χ3v) is 5.53. The molecule has 8 nitrogen and oxygen atoms in total. The molecule has 3 aromatic rings. The fourth-order valence-corrected chi connectivity index (χ4v) is 3.57. The van der Waals surface area contributed by atoms with Gasteiger partial charge < -0.3 is 34.3 Å². The molecule has 4 rings (SSSR count). The zero-order chi connectivity index (χ0) is 21.4. The summed E-state index contributed by atoms with van der Waals surface area (Å²) >= 11 is 3.36. The van der Waals surface area contributed by atoms with Gasteiger partial charge in [0.2, 0.25) is 6.29 Å². The van der Waals surface area contributed by atoms with Gasteiger partial charge in [-0.1, -0.05) is 28.1 Å². The van der Waals surface area contributed by atoms with Crippen molar-refractivity contribution in [3.63, 3.8) is 0 Å². The lowest BCUT2D eigenvalue weighted by Gasteiger charge is -2.39. The Kier molecular flexibility index (Phi) is 5.92. The van der Waals surface area contributed by atoms with E-state index in [4.69, 9.17) is 13.9 Å². The monoisotopic (exact) mass is 478 g/mol. The second-order valence-electron chi connectivity index (χ2n) is 6.96. The van der Waals surface area contributed by atoms with E-state index in [1.54, 1.807) is 12.1 Å². The zero-order valence-electron chi connectivity index (χ0n) is 15.5. The van der Waals surface area contributed by atoms with Gasteiger partial charge >= 0.3 is 0 Å². The molecule has 30 heavy (non-hydrogen) atoms. The van der Waals surface area contributed by atoms with Crippen LogP contribution >= 0.6 is 15.9 Å². The molecule has 0 unspecified atom stereocenters. The van der Waals surface area contributed by atoms with E-state index in [9.17, 15) is 25.2 Å². The van der Waals surface area contributed by atoms with Crippen molar-refractivity contribution in [2.75, 3.05) is 6.61 Å². The minimum atomic E-state index is -1.55. The van der Waals surface area contributed by atoms with Crippen molar-refractivity contribution < 1.29 is 34.3 Å². The molecule has 2 heterocycles. The molecule has 1 fully saturated rings. The third kappa shape index (κ3) is 3.87. The maximum atomic E-state index is 12.9. The van der Waals surface area contributed by atoms with Crippen LogP contribution in [0.4, 0.5) is 0 Å². The highest BCUT2D eigenvalue weighted by atomic mass is 79.9. The van der Waals surface area contributed by atoms with E-state index >= 15 is 0 Å². The minimum absolute atomic E-state index is 0.210. The Balaban J connectivity index is 1.62. The lowest BCUT2D eigenvalue weighted by molar-refractivity contribution is -0.277. The third-order valence-electron chi connectivity index (χ3n) is 5.00. The second-order valence-corrected chi connectivity index (χ2v) is 7.87. The molecule has 0 radical (unpaired) electrons. The van der Waals surface area contributed by atoms with Crippen LogP contribution in [0.3, 0.4) is 0 Å². The van der Waals surface area contributed by atoms with Crippen LogP contribution in [-0.2, 0) is 4.74 Å². The number of aliphatic hydroxyl groups is 4. The summed E-state index contributed by atoms with van der Waals surface area (Å²) in [5.41, 5.74) is 1.19. The number of hydrogen-bond donors (Lipinski definition) is 4. The Morgan fingerprint density at radius 3 is 2.43 bits per heavy atom. The van der Waals surface area contributed by atoms with Crippen LogP contribution in [0.2, 0.25) is 0 Å². The smallest absolute Gasteiger partial charge is 0.229 e. The topological polar surface area (TPSA) is 130 Å². The summed E-state index contributed by atoms with van der Waals surface area (Å²) in [6.07, 6.45) is -5.60. The van der Waals surface area contributed by atoms with Crippen LogP contribution in [-0.4, -0.2) is 57.7 Å². The van der Waals surface area contributed by atoms with Gasteiger partial charge in [-0.05, 0) is 29.8 Å². The molecule has 1 saturated heterocycles. The predicted molar refractivity (Wildman–Crippen MR) is 110 cm³/mol. The van der Waals surface area contributed by atoms with Gasteiger partial charge in [-0.2, -0.15) is 0 Å². The Hall–Kier alpha value is -2.27. The Labute approximate surface area is 179 Å². The molecule has 0 spiro atoms. The lowest BCUT2D eigenvalue weighted by atomic mass is 9.99. The van der Waals surface area contributed by atoms with Crippen molar-refractivity contribution in [2.45, 2.75) is 30.7 Å². The molecule has 4 N–H and O–H groups in total. The first-order chi connectivity index (χ1) is 14.4. The van der Waals surface area contributed by atoms with E-state index in [-0.39, 0.29) is 16.8 Å². The second kappa shape index (κ2) is 8.46. The zero-order valence-corrected chi connectivity index (χ0v) is 17.1. The van der Waals surface area contributed by atoms with E-state index in [0.29, 0.717) is 10.9 Å². The average molecular weight is 479 g/mol. The van der Waals surface area contributed by atoms with Gasteiger partial charge in [-0.15, -0.1) is 0 Å². The van der Waals surface area contributed by atoms with E-state index in [0.717, 1.165) is 10.0 Å². The number of hydrogen-bond acceptors (Lipinski definition) is 8. The summed E-state index contributed by atoms with van der Waals surface area (Å²) < 4.78 is 17.4. The van der Waals surface area contributed by atoms with Crippen LogP contribution in [0.5, 0.6) is 5.75 Å². The number of rotatable bonds is 4. The SMILES string of the molecule is O=c1c(-c2ccc(Br)cc2)coc2cc(O[C@@H]3O[C@H](CO)[C@@H](O)[C@H](O)[C@H]3O)ccc12. The summed E-state index contributed by atoms with van der Waals surface area (Å²) in [5, 5.41) is 39.4. The number of aliphatic hydroxyl groups excluding tert-OH is 4. The average Bonchev–Trinajstić information content (AvgIpc) is 2.75. The number of fused-ring (bicyclic) bond motifs is 1. The van der Waals surface area contributed by atoms with Gasteiger partial charge in [-0.3, -0.25) is 4.79 Å². The number of benzene rings is 2. The first-order valence-corrected chi connectivity index (χ1v) is 9.97. The van der Waals surface area contributed by atoms with Gasteiger partial charge in [0.1, 0.15) is 42.0 Å². The predicted octanol–water partition coefficient (Wildman–Crippen LogP) is 1.40. The van der Waals surface area contributed by atoms with Crippen molar-refractivity contribution in [2.24, 2.45) is 0 Å². The molecular weight excluding hydrogens is 460 g/mol. The molecule has 0 amide bonds. The largest absolute Gasteiger partial charge is 0.463 e. The summed E-state index contributed by atoms with van der Waals surface area (Å²) in [6, 6.07) is 11.8. The summed E-state index contributed by atoms with van der Waals surface area (Å²) in [4.78, 5) is 12.9. The Morgan fingerprint density at radius 1 is 1.00 bits per heavy atom. The summed E-state index contributed by atoms with van der Waals surface area (Å²) in [5.74, 6) is 0.214. The quantitative estimate of drug-likeness (QED) is 0.442. The minimum Gasteiger partial charge on any atom is -0.463 e. The molecule has 0 aliphatic carbocycles. The molecule has 1 aliphatic rings. The van der Waals surface area contributed by atoms with Crippen molar-refractivity contribution >= 4 is 26.9 Å². The fraction of sp³-hybridized carbons (Fsp3) is 0.286. The lowest BCUT2D eigenvalue weighted by Crippen LogP contribution is -2.60. The fourth-order valence-electron chi connectivity index (χ4n) is 3.31. The highest BCUT2D eigenvalue weighted by Crippen LogP contribution is 2.27. The van der Waals surface area contributed by atoms with Gasteiger partial charge in [0.25, 0.3) is 0 Å². The highest BCUT2D eigenvalue weighted by Gasteiger charge is 2.44. The number of ether oxygens (including phenoxy) is 2. The van der Waals surface area contributed by atoms with E-state index in [1.807, 2.05) is 12.1 Å². The first-order valence-electron chi connectivity index (χ1n) is 9.17. The van der Waals surface area contributed by atoms with Crippen LogP contribution in [0.25, 0.3) is 22.1 Å². The van der Waals surface area contributed by atoms with E-state index in [1.165, 1.54) is 24.5 Å². The van der Waals surface area contributed by atoms with Gasteiger partial charge in [0.15, 0.2) is 5.43 Å². The molecule has 1 aromatic heterocycles. The Morgan fingerprint density at radius 2 is 1.73 bits per heavy atom. The maximum absolute atomic E-state index is 12.9. The molecule has 2 aromatic carbocycles. The van der Waals surface area contributed by atoms with E-state index < -0.39 is 37.3 Å². The summed E-state index contributed by atoms with van der Waals surface area (Å²) in [7, 11) is 0. The van der Waals surface area contributed by atoms with Crippen molar-refractivity contribution in [1.29, 1.82) is 0 Å². The molecule has 158 valence electrons. The molecular formula is C21H19BrO8. The van der Waals surface area contributed by atoms with Crippen molar-refractivity contribution in [1.82, 2.24) is 0 Å². The van der Waals surface area contributed by atoms with Crippen molar-refractivity contribution in [3.05, 3.63) is 63.4 Å². The van der Waals surface area contributed by atoms with Gasteiger partial charge in [0, 0.05) is 10.5 Å². The normalized spacial score (nSPS) is 26.6. The standard InChI is InChI=1S/C21H19BrO8/c22-11-3-1-10(2-4-11)14-9-28-15-7-12(5-6-13(15)17(14)24)29-21-20(27)19(26)18(25)16(8-23)30-21/h1-7,9,16,18-21,23,25-27H,8H2/t16-,18-,19+,20-,21-/m1/s1. The van der Waals surface area contributed by atoms with Crippen LogP contribution < -0.4 is 10.2 Å².